The topological polar surface area (TPSA) is 43.0 Å². The molecule has 0 saturated carbocycles. The van der Waals surface area contributed by atoms with Gasteiger partial charge in [0.2, 0.25) is 0 Å². The molecule has 0 atom stereocenters. The second-order valence-electron chi connectivity index (χ2n) is 4.08. The molecular weight excluding hydrogens is 329 g/mol. The van der Waals surface area contributed by atoms with Crippen molar-refractivity contribution in [2.75, 3.05) is 0 Å². The van der Waals surface area contributed by atoms with E-state index in [1.165, 1.54) is 11.3 Å². The Labute approximate surface area is 115 Å². The Bertz CT molecular complexity index is 516. The highest BCUT2D eigenvalue weighted by Crippen LogP contribution is 2.13. The molecule has 1 N–H and O–H groups in total. The van der Waals surface area contributed by atoms with E-state index in [2.05, 4.69) is 39.9 Å². The second-order valence-corrected chi connectivity index (χ2v) is 5.15. The van der Waals surface area contributed by atoms with Crippen LogP contribution in [0.1, 0.15) is 22.7 Å². The van der Waals surface area contributed by atoms with E-state index in [1.807, 2.05) is 30.8 Å². The fourth-order valence-electron chi connectivity index (χ4n) is 1.83. The van der Waals surface area contributed by atoms with Crippen LogP contribution in [-0.4, -0.2) is 9.78 Å². The Morgan fingerprint density at radius 2 is 2.12 bits per heavy atom. The van der Waals surface area contributed by atoms with Gasteiger partial charge >= 0.3 is 0 Å². The number of rotatable bonds is 4. The molecule has 2 aromatic heterocycles. The van der Waals surface area contributed by atoms with Crippen LogP contribution in [0.5, 0.6) is 0 Å². The number of hydrogen-bond donors (Lipinski definition) is 1. The summed E-state index contributed by atoms with van der Waals surface area (Å²) >= 11 is 2.17. The molecule has 0 aromatic carbocycles. The largest absolute Gasteiger partial charge is 0.454 e. The first kappa shape index (κ1) is 12.6. The summed E-state index contributed by atoms with van der Waals surface area (Å²) in [5.41, 5.74) is 3.57. The molecule has 2 heterocycles. The van der Waals surface area contributed by atoms with Gasteiger partial charge in [0.15, 0.2) is 3.77 Å². The number of aryl methyl sites for hydroxylation is 2. The maximum absolute atomic E-state index is 5.49. The van der Waals surface area contributed by atoms with Crippen molar-refractivity contribution in [1.82, 2.24) is 15.1 Å². The number of furan rings is 1. The van der Waals surface area contributed by atoms with Crippen LogP contribution in [0.25, 0.3) is 0 Å². The first-order valence-electron chi connectivity index (χ1n) is 5.52. The standard InChI is InChI=1S/C12H16IN3O/c1-8-11(9(2)16(3)15-8)7-14-6-10-4-5-12(13)17-10/h4-5,14H,6-7H2,1-3H3. The molecule has 0 radical (unpaired) electrons. The molecule has 0 bridgehead atoms. The first-order valence-corrected chi connectivity index (χ1v) is 6.60. The number of halogens is 1. The molecule has 4 nitrogen and oxygen atoms in total. The van der Waals surface area contributed by atoms with Crippen LogP contribution in [0.3, 0.4) is 0 Å². The molecular formula is C12H16IN3O. The Kier molecular flexibility index (Phi) is 3.88. The molecule has 0 saturated heterocycles. The average Bonchev–Trinajstić information content (AvgIpc) is 2.78. The van der Waals surface area contributed by atoms with Crippen molar-refractivity contribution >= 4 is 22.6 Å². The van der Waals surface area contributed by atoms with Gasteiger partial charge in [-0.25, -0.2) is 0 Å². The molecule has 0 aliphatic heterocycles. The SMILES string of the molecule is Cc1nn(C)c(C)c1CNCc1ccc(I)o1. The zero-order chi connectivity index (χ0) is 12.4. The fourth-order valence-corrected chi connectivity index (χ4v) is 2.29. The maximum Gasteiger partial charge on any atom is 0.164 e. The maximum atomic E-state index is 5.49. The number of aromatic nitrogens is 2. The van der Waals surface area contributed by atoms with E-state index in [0.29, 0.717) is 0 Å². The smallest absolute Gasteiger partial charge is 0.164 e. The van der Waals surface area contributed by atoms with Crippen LogP contribution in [0.15, 0.2) is 16.5 Å². The van der Waals surface area contributed by atoms with E-state index in [9.17, 15) is 0 Å². The van der Waals surface area contributed by atoms with Crippen LogP contribution in [0.2, 0.25) is 0 Å². The van der Waals surface area contributed by atoms with Crippen molar-refractivity contribution in [3.05, 3.63) is 38.6 Å². The van der Waals surface area contributed by atoms with E-state index in [0.717, 1.165) is 28.3 Å². The van der Waals surface area contributed by atoms with Gasteiger partial charge in [0.1, 0.15) is 5.76 Å². The van der Waals surface area contributed by atoms with E-state index in [4.69, 9.17) is 4.42 Å². The summed E-state index contributed by atoms with van der Waals surface area (Å²) in [5.74, 6) is 0.966. The molecule has 0 spiro atoms. The van der Waals surface area contributed by atoms with E-state index < -0.39 is 0 Å². The second kappa shape index (κ2) is 5.22. The fraction of sp³-hybridized carbons (Fsp3) is 0.417. The Balaban J connectivity index is 1.94. The summed E-state index contributed by atoms with van der Waals surface area (Å²) in [6.45, 7) is 5.70. The van der Waals surface area contributed by atoms with Crippen LogP contribution >= 0.6 is 22.6 Å². The summed E-state index contributed by atoms with van der Waals surface area (Å²) < 4.78 is 8.33. The van der Waals surface area contributed by atoms with Gasteiger partial charge in [-0.05, 0) is 48.6 Å². The molecule has 0 amide bonds. The molecule has 0 unspecified atom stereocenters. The molecule has 17 heavy (non-hydrogen) atoms. The Morgan fingerprint density at radius 3 is 2.65 bits per heavy atom. The van der Waals surface area contributed by atoms with Gasteiger partial charge in [0.05, 0.1) is 12.2 Å². The van der Waals surface area contributed by atoms with Crippen LogP contribution in [0, 0.1) is 17.6 Å². The monoisotopic (exact) mass is 345 g/mol. The lowest BCUT2D eigenvalue weighted by molar-refractivity contribution is 0.462. The van der Waals surface area contributed by atoms with Crippen molar-refractivity contribution in [2.45, 2.75) is 26.9 Å². The van der Waals surface area contributed by atoms with Crippen molar-refractivity contribution in [3.8, 4) is 0 Å². The highest BCUT2D eigenvalue weighted by molar-refractivity contribution is 14.1. The van der Waals surface area contributed by atoms with E-state index in [-0.39, 0.29) is 0 Å². The molecule has 2 aromatic rings. The van der Waals surface area contributed by atoms with Crippen molar-refractivity contribution in [2.24, 2.45) is 7.05 Å². The summed E-state index contributed by atoms with van der Waals surface area (Å²) in [4.78, 5) is 0. The van der Waals surface area contributed by atoms with Gasteiger partial charge in [0.25, 0.3) is 0 Å². The van der Waals surface area contributed by atoms with Gasteiger partial charge in [-0.15, -0.1) is 0 Å². The minimum absolute atomic E-state index is 0.747. The highest BCUT2D eigenvalue weighted by atomic mass is 127. The summed E-state index contributed by atoms with van der Waals surface area (Å²) in [7, 11) is 1.97. The van der Waals surface area contributed by atoms with E-state index in [1.54, 1.807) is 0 Å². The quantitative estimate of drug-likeness (QED) is 0.866. The van der Waals surface area contributed by atoms with Crippen LogP contribution < -0.4 is 5.32 Å². The predicted molar refractivity (Wildman–Crippen MR) is 74.7 cm³/mol. The third-order valence-electron chi connectivity index (χ3n) is 2.89. The molecule has 0 aliphatic rings. The molecule has 0 fully saturated rings. The number of nitrogens with one attached hydrogen (secondary N) is 1. The van der Waals surface area contributed by atoms with Crippen molar-refractivity contribution < 1.29 is 4.42 Å². The lowest BCUT2D eigenvalue weighted by Crippen LogP contribution is -2.13. The van der Waals surface area contributed by atoms with Gasteiger partial charge in [0, 0.05) is 24.8 Å². The Morgan fingerprint density at radius 1 is 1.35 bits per heavy atom. The Hall–Kier alpha value is -0.820. The first-order chi connectivity index (χ1) is 8.08. The third kappa shape index (κ3) is 2.90. The molecule has 92 valence electrons. The van der Waals surface area contributed by atoms with Crippen molar-refractivity contribution in [3.63, 3.8) is 0 Å². The van der Waals surface area contributed by atoms with Crippen LogP contribution in [-0.2, 0) is 20.1 Å². The minimum atomic E-state index is 0.747. The van der Waals surface area contributed by atoms with Gasteiger partial charge < -0.3 is 9.73 Å². The van der Waals surface area contributed by atoms with E-state index >= 15 is 0 Å². The molecule has 0 aliphatic carbocycles. The van der Waals surface area contributed by atoms with Gasteiger partial charge in [-0.1, -0.05) is 0 Å². The number of hydrogen-bond acceptors (Lipinski definition) is 3. The van der Waals surface area contributed by atoms with Crippen molar-refractivity contribution in [1.29, 1.82) is 0 Å². The van der Waals surface area contributed by atoms with Gasteiger partial charge in [-0.2, -0.15) is 5.10 Å². The summed E-state index contributed by atoms with van der Waals surface area (Å²) in [6, 6.07) is 3.97. The number of nitrogens with zero attached hydrogens (tertiary/aromatic N) is 2. The predicted octanol–water partition coefficient (Wildman–Crippen LogP) is 2.52. The van der Waals surface area contributed by atoms with Gasteiger partial charge in [-0.3, -0.25) is 4.68 Å². The lowest BCUT2D eigenvalue weighted by atomic mass is 10.2. The van der Waals surface area contributed by atoms with Crippen LogP contribution in [0.4, 0.5) is 0 Å². The third-order valence-corrected chi connectivity index (χ3v) is 3.47. The normalized spacial score (nSPS) is 11.1. The summed E-state index contributed by atoms with van der Waals surface area (Å²) in [5, 5.41) is 7.77. The zero-order valence-electron chi connectivity index (χ0n) is 10.2. The lowest BCUT2D eigenvalue weighted by Gasteiger charge is -2.03. The summed E-state index contributed by atoms with van der Waals surface area (Å²) in [6.07, 6.45) is 0. The average molecular weight is 345 g/mol. The zero-order valence-corrected chi connectivity index (χ0v) is 12.4. The minimum Gasteiger partial charge on any atom is -0.454 e. The molecule has 5 heteroatoms. The molecule has 2 rings (SSSR count). The highest BCUT2D eigenvalue weighted by Gasteiger charge is 2.08.